The summed E-state index contributed by atoms with van der Waals surface area (Å²) >= 11 is 6.22. The number of hydrogen-bond acceptors (Lipinski definition) is 3. The van der Waals surface area contributed by atoms with E-state index in [9.17, 15) is 9.90 Å². The van der Waals surface area contributed by atoms with Gasteiger partial charge >= 0.3 is 0 Å². The molecule has 0 atom stereocenters. The zero-order valence-corrected chi connectivity index (χ0v) is 12.6. The summed E-state index contributed by atoms with van der Waals surface area (Å²) in [6, 6.07) is 9.06. The summed E-state index contributed by atoms with van der Waals surface area (Å²) in [5, 5.41) is 11.5. The summed E-state index contributed by atoms with van der Waals surface area (Å²) in [5.74, 6) is -0.177. The van der Waals surface area contributed by atoms with E-state index in [1.54, 1.807) is 11.0 Å². The first-order valence-corrected chi connectivity index (χ1v) is 7.47. The van der Waals surface area contributed by atoms with Crippen LogP contribution in [0.15, 0.2) is 30.3 Å². The highest BCUT2D eigenvalue weighted by Gasteiger charge is 2.43. The van der Waals surface area contributed by atoms with Crippen LogP contribution in [0.1, 0.15) is 30.3 Å². The number of carbonyl (C=O) groups excluding carboxylic acids is 1. The van der Waals surface area contributed by atoms with Crippen molar-refractivity contribution in [2.24, 2.45) is 0 Å². The Kier molecular flexibility index (Phi) is 3.59. The van der Waals surface area contributed by atoms with Crippen LogP contribution >= 0.6 is 11.6 Å². The maximum atomic E-state index is 12.4. The Morgan fingerprint density at radius 3 is 2.86 bits per heavy atom. The lowest BCUT2D eigenvalue weighted by atomic mass is 9.89. The molecule has 0 spiro atoms. The third-order valence-electron chi connectivity index (χ3n) is 3.86. The van der Waals surface area contributed by atoms with Gasteiger partial charge in [-0.2, -0.15) is 0 Å². The molecule has 1 N–H and O–H groups in total. The predicted octanol–water partition coefficient (Wildman–Crippen LogP) is 2.88. The molecule has 0 aliphatic carbocycles. The van der Waals surface area contributed by atoms with Gasteiger partial charge in [0.25, 0.3) is 5.91 Å². The summed E-state index contributed by atoms with van der Waals surface area (Å²) in [6.45, 7) is 2.75. The third kappa shape index (κ3) is 2.61. The summed E-state index contributed by atoms with van der Waals surface area (Å²) < 4.78 is 0. The normalized spacial score (nSPS) is 16.8. The van der Waals surface area contributed by atoms with Gasteiger partial charge in [-0.25, -0.2) is 4.98 Å². The smallest absolute Gasteiger partial charge is 0.272 e. The van der Waals surface area contributed by atoms with Crippen LogP contribution in [0.4, 0.5) is 0 Å². The number of nitrogens with zero attached hydrogens (tertiary/aromatic N) is 2. The van der Waals surface area contributed by atoms with Gasteiger partial charge in [0, 0.05) is 5.39 Å². The first kappa shape index (κ1) is 14.3. The van der Waals surface area contributed by atoms with Crippen molar-refractivity contribution in [3.8, 4) is 0 Å². The van der Waals surface area contributed by atoms with Gasteiger partial charge in [-0.3, -0.25) is 4.79 Å². The molecule has 0 saturated carbocycles. The first-order chi connectivity index (χ1) is 10.0. The van der Waals surface area contributed by atoms with E-state index >= 15 is 0 Å². The van der Waals surface area contributed by atoms with Crippen molar-refractivity contribution in [2.75, 3.05) is 13.1 Å². The number of likely N-dealkylation sites (tertiary alicyclic amines) is 1. The topological polar surface area (TPSA) is 53.4 Å². The van der Waals surface area contributed by atoms with Crippen molar-refractivity contribution in [1.29, 1.82) is 0 Å². The highest BCUT2D eigenvalue weighted by atomic mass is 35.5. The van der Waals surface area contributed by atoms with E-state index in [2.05, 4.69) is 4.98 Å². The van der Waals surface area contributed by atoms with Crippen LogP contribution in [0.3, 0.4) is 0 Å². The van der Waals surface area contributed by atoms with E-state index in [0.717, 1.165) is 11.8 Å². The molecule has 3 rings (SSSR count). The minimum Gasteiger partial charge on any atom is -0.386 e. The van der Waals surface area contributed by atoms with Gasteiger partial charge < -0.3 is 10.0 Å². The molecule has 1 fully saturated rings. The van der Waals surface area contributed by atoms with Crippen molar-refractivity contribution in [3.63, 3.8) is 0 Å². The first-order valence-electron chi connectivity index (χ1n) is 7.09. The highest BCUT2D eigenvalue weighted by Crippen LogP contribution is 2.29. The quantitative estimate of drug-likeness (QED) is 0.948. The van der Waals surface area contributed by atoms with Crippen LogP contribution in [0.2, 0.25) is 5.02 Å². The van der Waals surface area contributed by atoms with E-state index in [1.807, 2.05) is 31.2 Å². The van der Waals surface area contributed by atoms with Gasteiger partial charge in [-0.1, -0.05) is 43.1 Å². The fourth-order valence-corrected chi connectivity index (χ4v) is 3.10. The van der Waals surface area contributed by atoms with Crippen LogP contribution in [0, 0.1) is 0 Å². The van der Waals surface area contributed by atoms with Gasteiger partial charge in [0.05, 0.1) is 29.2 Å². The van der Waals surface area contributed by atoms with Crippen molar-refractivity contribution in [1.82, 2.24) is 9.88 Å². The van der Waals surface area contributed by atoms with Gasteiger partial charge in [-0.15, -0.1) is 0 Å². The van der Waals surface area contributed by atoms with Crippen LogP contribution in [0.5, 0.6) is 0 Å². The van der Waals surface area contributed by atoms with Gasteiger partial charge in [0.2, 0.25) is 0 Å². The van der Waals surface area contributed by atoms with Crippen LogP contribution in [-0.4, -0.2) is 39.6 Å². The maximum Gasteiger partial charge on any atom is 0.272 e. The summed E-state index contributed by atoms with van der Waals surface area (Å²) in [5.41, 5.74) is 0.306. The molecule has 0 unspecified atom stereocenters. The monoisotopic (exact) mass is 304 g/mol. The van der Waals surface area contributed by atoms with Crippen LogP contribution < -0.4 is 0 Å². The number of hydrogen-bond donors (Lipinski definition) is 1. The molecule has 2 aromatic rings. The lowest BCUT2D eigenvalue weighted by Crippen LogP contribution is -2.63. The van der Waals surface area contributed by atoms with E-state index in [-0.39, 0.29) is 5.91 Å². The Bertz CT molecular complexity index is 696. The fraction of sp³-hybridized carbons (Fsp3) is 0.375. The number of carbonyl (C=O) groups is 1. The fourth-order valence-electron chi connectivity index (χ4n) is 2.84. The van der Waals surface area contributed by atoms with E-state index in [0.29, 0.717) is 35.7 Å². The Balaban J connectivity index is 1.83. The molecule has 1 amide bonds. The van der Waals surface area contributed by atoms with Gasteiger partial charge in [-0.05, 0) is 18.6 Å². The molecule has 0 bridgehead atoms. The SMILES string of the molecule is CCCC1(O)CN(C(=O)c2cc(Cl)c3ccccc3n2)C1. The molecule has 110 valence electrons. The summed E-state index contributed by atoms with van der Waals surface area (Å²) in [6.07, 6.45) is 1.61. The predicted molar refractivity (Wildman–Crippen MR) is 82.5 cm³/mol. The number of fused-ring (bicyclic) bond motifs is 1. The summed E-state index contributed by atoms with van der Waals surface area (Å²) in [7, 11) is 0. The zero-order valence-electron chi connectivity index (χ0n) is 11.8. The molecule has 21 heavy (non-hydrogen) atoms. The molecular formula is C16H17ClN2O2. The molecule has 2 heterocycles. The molecule has 4 nitrogen and oxygen atoms in total. The molecule has 1 aromatic carbocycles. The number of benzene rings is 1. The number of halogens is 1. The second kappa shape index (κ2) is 5.28. The molecule has 1 aliphatic rings. The van der Waals surface area contributed by atoms with Crippen molar-refractivity contribution in [3.05, 3.63) is 41.0 Å². The molecule has 1 aliphatic heterocycles. The Morgan fingerprint density at radius 2 is 2.14 bits per heavy atom. The minimum atomic E-state index is -0.731. The second-order valence-corrected chi connectivity index (χ2v) is 6.05. The largest absolute Gasteiger partial charge is 0.386 e. The number of rotatable bonds is 3. The maximum absolute atomic E-state index is 12.4. The van der Waals surface area contributed by atoms with Crippen molar-refractivity contribution >= 4 is 28.4 Å². The Hall–Kier alpha value is -1.65. The second-order valence-electron chi connectivity index (χ2n) is 5.64. The molecular weight excluding hydrogens is 288 g/mol. The van der Waals surface area contributed by atoms with E-state index in [1.165, 1.54) is 0 Å². The highest BCUT2D eigenvalue weighted by molar-refractivity contribution is 6.35. The molecule has 1 aromatic heterocycles. The number of pyridine rings is 1. The van der Waals surface area contributed by atoms with E-state index in [4.69, 9.17) is 11.6 Å². The number of para-hydroxylation sites is 1. The standard InChI is InChI=1S/C16H17ClN2O2/c1-2-7-16(21)9-19(10-16)15(20)14-8-12(17)11-5-3-4-6-13(11)18-14/h3-6,8,21H,2,7,9-10H2,1H3. The lowest BCUT2D eigenvalue weighted by Gasteiger charge is -2.46. The van der Waals surface area contributed by atoms with Crippen LogP contribution in [0.25, 0.3) is 10.9 Å². The molecule has 5 heteroatoms. The number of amides is 1. The van der Waals surface area contributed by atoms with E-state index < -0.39 is 5.60 Å². The number of β-amino-alcohol motifs (C(OH)–C–C–N with tert-alkyl or cyclic N) is 1. The van der Waals surface area contributed by atoms with Crippen molar-refractivity contribution in [2.45, 2.75) is 25.4 Å². The number of aliphatic hydroxyl groups is 1. The molecule has 1 saturated heterocycles. The summed E-state index contributed by atoms with van der Waals surface area (Å²) in [4.78, 5) is 18.4. The molecule has 0 radical (unpaired) electrons. The van der Waals surface area contributed by atoms with Gasteiger partial charge in [0.1, 0.15) is 5.69 Å². The average molecular weight is 305 g/mol. The number of aromatic nitrogens is 1. The Morgan fingerprint density at radius 1 is 1.43 bits per heavy atom. The minimum absolute atomic E-state index is 0.177. The Labute approximate surface area is 128 Å². The zero-order chi connectivity index (χ0) is 15.0. The van der Waals surface area contributed by atoms with Gasteiger partial charge in [0.15, 0.2) is 0 Å². The van der Waals surface area contributed by atoms with Crippen LogP contribution in [-0.2, 0) is 0 Å². The lowest BCUT2D eigenvalue weighted by molar-refractivity contribution is -0.0861. The average Bonchev–Trinajstić information content (AvgIpc) is 2.44. The third-order valence-corrected chi connectivity index (χ3v) is 4.17. The van der Waals surface area contributed by atoms with Crippen molar-refractivity contribution < 1.29 is 9.90 Å².